The Morgan fingerprint density at radius 1 is 1.19 bits per heavy atom. The van der Waals surface area contributed by atoms with Gasteiger partial charge in [0.05, 0.1) is 0 Å². The van der Waals surface area contributed by atoms with Gasteiger partial charge in [-0.3, -0.25) is 0 Å². The smallest absolute Gasteiger partial charge is 0.352 e. The summed E-state index contributed by atoms with van der Waals surface area (Å²) in [6.07, 6.45) is 0. The Labute approximate surface area is 122 Å². The fourth-order valence-corrected chi connectivity index (χ4v) is 2.21. The van der Waals surface area contributed by atoms with Crippen molar-refractivity contribution in [3.8, 4) is 5.75 Å². The minimum atomic E-state index is -0.976. The zero-order valence-electron chi connectivity index (χ0n) is 11.6. The molecule has 4 nitrogen and oxygen atoms in total. The first-order valence-electron chi connectivity index (χ1n) is 6.67. The molecule has 1 aromatic heterocycles. The van der Waals surface area contributed by atoms with Crippen molar-refractivity contribution < 1.29 is 14.6 Å². The molecule has 3 rings (SSSR count). The molecule has 1 heterocycles. The van der Waals surface area contributed by atoms with E-state index in [9.17, 15) is 4.79 Å². The second kappa shape index (κ2) is 5.32. The molecule has 3 aromatic rings. The number of H-pyrrole nitrogens is 1. The van der Waals surface area contributed by atoms with Gasteiger partial charge < -0.3 is 14.8 Å². The number of aromatic carboxylic acids is 1. The second-order valence-corrected chi connectivity index (χ2v) is 4.98. The summed E-state index contributed by atoms with van der Waals surface area (Å²) in [5.41, 5.74) is 3.20. The van der Waals surface area contributed by atoms with Crippen LogP contribution in [0.1, 0.15) is 21.6 Å². The highest BCUT2D eigenvalue weighted by atomic mass is 16.5. The molecule has 0 saturated carbocycles. The van der Waals surface area contributed by atoms with Gasteiger partial charge in [-0.15, -0.1) is 0 Å². The van der Waals surface area contributed by atoms with Gasteiger partial charge in [0, 0.05) is 10.9 Å². The molecule has 0 aliphatic rings. The van der Waals surface area contributed by atoms with Crippen molar-refractivity contribution >= 4 is 16.9 Å². The monoisotopic (exact) mass is 281 g/mol. The van der Waals surface area contributed by atoms with E-state index in [0.717, 1.165) is 16.5 Å². The Hall–Kier alpha value is -2.75. The SMILES string of the molecule is Cc1ccc(COc2cccc3[nH]c(C(=O)O)cc23)cc1. The predicted molar refractivity (Wildman–Crippen MR) is 80.8 cm³/mol. The summed E-state index contributed by atoms with van der Waals surface area (Å²) in [6, 6.07) is 15.2. The first-order valence-corrected chi connectivity index (χ1v) is 6.67. The molecule has 21 heavy (non-hydrogen) atoms. The maximum Gasteiger partial charge on any atom is 0.352 e. The number of carboxylic acid groups (broad SMARTS) is 1. The van der Waals surface area contributed by atoms with Gasteiger partial charge >= 0.3 is 5.97 Å². The van der Waals surface area contributed by atoms with Crippen LogP contribution in [-0.2, 0) is 6.61 Å². The number of carboxylic acids is 1. The number of aromatic nitrogens is 1. The largest absolute Gasteiger partial charge is 0.488 e. The Bertz CT molecular complexity index is 787. The summed E-state index contributed by atoms with van der Waals surface area (Å²) >= 11 is 0. The lowest BCUT2D eigenvalue weighted by Crippen LogP contribution is -1.95. The molecule has 2 aromatic carbocycles. The summed E-state index contributed by atoms with van der Waals surface area (Å²) in [6.45, 7) is 2.49. The number of fused-ring (bicyclic) bond motifs is 1. The van der Waals surface area contributed by atoms with Gasteiger partial charge in [-0.2, -0.15) is 0 Å². The van der Waals surface area contributed by atoms with E-state index in [1.807, 2.05) is 49.4 Å². The average molecular weight is 281 g/mol. The highest BCUT2D eigenvalue weighted by molar-refractivity contribution is 5.96. The summed E-state index contributed by atoms with van der Waals surface area (Å²) in [5, 5.41) is 9.82. The zero-order valence-corrected chi connectivity index (χ0v) is 11.6. The second-order valence-electron chi connectivity index (χ2n) is 4.98. The van der Waals surface area contributed by atoms with Gasteiger partial charge in [0.1, 0.15) is 18.1 Å². The molecule has 0 spiro atoms. The fourth-order valence-electron chi connectivity index (χ4n) is 2.21. The van der Waals surface area contributed by atoms with E-state index in [4.69, 9.17) is 9.84 Å². The molecule has 2 N–H and O–H groups in total. The number of benzene rings is 2. The van der Waals surface area contributed by atoms with Crippen molar-refractivity contribution in [2.75, 3.05) is 0 Å². The molecular weight excluding hydrogens is 266 g/mol. The minimum Gasteiger partial charge on any atom is -0.488 e. The van der Waals surface area contributed by atoms with Crippen molar-refractivity contribution in [3.05, 3.63) is 65.4 Å². The summed E-state index contributed by atoms with van der Waals surface area (Å²) < 4.78 is 5.83. The van der Waals surface area contributed by atoms with E-state index in [0.29, 0.717) is 12.4 Å². The number of aryl methyl sites for hydroxylation is 1. The molecule has 106 valence electrons. The minimum absolute atomic E-state index is 0.163. The summed E-state index contributed by atoms with van der Waals surface area (Å²) in [4.78, 5) is 13.9. The van der Waals surface area contributed by atoms with Crippen molar-refractivity contribution in [3.63, 3.8) is 0 Å². The van der Waals surface area contributed by atoms with Gasteiger partial charge in [-0.1, -0.05) is 35.9 Å². The quantitative estimate of drug-likeness (QED) is 0.765. The van der Waals surface area contributed by atoms with Crippen LogP contribution in [0.3, 0.4) is 0 Å². The van der Waals surface area contributed by atoms with Crippen LogP contribution in [0.2, 0.25) is 0 Å². The third kappa shape index (κ3) is 2.74. The lowest BCUT2D eigenvalue weighted by atomic mass is 10.2. The van der Waals surface area contributed by atoms with Crippen molar-refractivity contribution in [2.24, 2.45) is 0 Å². The van der Waals surface area contributed by atoms with Gasteiger partial charge in [-0.05, 0) is 30.7 Å². The van der Waals surface area contributed by atoms with E-state index in [1.54, 1.807) is 6.07 Å². The number of carbonyl (C=O) groups is 1. The van der Waals surface area contributed by atoms with E-state index in [2.05, 4.69) is 4.98 Å². The summed E-state index contributed by atoms with van der Waals surface area (Å²) in [7, 11) is 0. The number of nitrogens with one attached hydrogen (secondary N) is 1. The Balaban J connectivity index is 1.86. The number of aromatic amines is 1. The van der Waals surface area contributed by atoms with Crippen LogP contribution in [0, 0.1) is 6.92 Å². The molecule has 0 saturated heterocycles. The normalized spacial score (nSPS) is 10.7. The van der Waals surface area contributed by atoms with Crippen LogP contribution in [0.25, 0.3) is 10.9 Å². The average Bonchev–Trinajstić information content (AvgIpc) is 2.91. The van der Waals surface area contributed by atoms with Crippen LogP contribution in [0.5, 0.6) is 5.75 Å². The van der Waals surface area contributed by atoms with Crippen LogP contribution in [0.15, 0.2) is 48.5 Å². The molecule has 0 unspecified atom stereocenters. The maximum atomic E-state index is 11.0. The first-order chi connectivity index (χ1) is 10.1. The van der Waals surface area contributed by atoms with Crippen molar-refractivity contribution in [2.45, 2.75) is 13.5 Å². The molecule has 0 radical (unpaired) electrons. The number of ether oxygens (including phenoxy) is 1. The highest BCUT2D eigenvalue weighted by Crippen LogP contribution is 2.27. The topological polar surface area (TPSA) is 62.3 Å². The fraction of sp³-hybridized carbons (Fsp3) is 0.118. The molecule has 0 bridgehead atoms. The predicted octanol–water partition coefficient (Wildman–Crippen LogP) is 3.75. The Morgan fingerprint density at radius 3 is 2.67 bits per heavy atom. The van der Waals surface area contributed by atoms with Gasteiger partial charge in [0.2, 0.25) is 0 Å². The standard InChI is InChI=1S/C17H15NO3/c1-11-5-7-12(8-6-11)10-21-16-4-2-3-14-13(16)9-15(18-14)17(19)20/h2-9,18H,10H2,1H3,(H,19,20). The van der Waals surface area contributed by atoms with Crippen LogP contribution in [0.4, 0.5) is 0 Å². The molecular formula is C17H15NO3. The van der Waals surface area contributed by atoms with Crippen LogP contribution in [-0.4, -0.2) is 16.1 Å². The first kappa shape index (κ1) is 13.2. The van der Waals surface area contributed by atoms with Crippen LogP contribution >= 0.6 is 0 Å². The summed E-state index contributed by atoms with van der Waals surface area (Å²) in [5.74, 6) is -0.299. The molecule has 0 fully saturated rings. The van der Waals surface area contributed by atoms with E-state index in [1.165, 1.54) is 5.56 Å². The Morgan fingerprint density at radius 2 is 1.95 bits per heavy atom. The Kier molecular flexibility index (Phi) is 3.36. The van der Waals surface area contributed by atoms with Crippen molar-refractivity contribution in [1.29, 1.82) is 0 Å². The number of rotatable bonds is 4. The van der Waals surface area contributed by atoms with Crippen LogP contribution < -0.4 is 4.74 Å². The number of hydrogen-bond acceptors (Lipinski definition) is 2. The third-order valence-electron chi connectivity index (χ3n) is 3.37. The van der Waals surface area contributed by atoms with Gasteiger partial charge in [0.25, 0.3) is 0 Å². The molecule has 4 heteroatoms. The molecule has 0 atom stereocenters. The van der Waals surface area contributed by atoms with E-state index >= 15 is 0 Å². The lowest BCUT2D eigenvalue weighted by molar-refractivity contribution is 0.0691. The highest BCUT2D eigenvalue weighted by Gasteiger charge is 2.10. The van der Waals surface area contributed by atoms with Crippen molar-refractivity contribution in [1.82, 2.24) is 4.98 Å². The van der Waals surface area contributed by atoms with Gasteiger partial charge in [0.15, 0.2) is 0 Å². The van der Waals surface area contributed by atoms with E-state index in [-0.39, 0.29) is 5.69 Å². The molecule has 0 aliphatic carbocycles. The molecule has 0 amide bonds. The van der Waals surface area contributed by atoms with Gasteiger partial charge in [-0.25, -0.2) is 4.79 Å². The number of hydrogen-bond donors (Lipinski definition) is 2. The third-order valence-corrected chi connectivity index (χ3v) is 3.37. The van der Waals surface area contributed by atoms with E-state index < -0.39 is 5.97 Å². The lowest BCUT2D eigenvalue weighted by Gasteiger charge is -2.07. The maximum absolute atomic E-state index is 11.0. The zero-order chi connectivity index (χ0) is 14.8. The molecule has 0 aliphatic heterocycles.